The first-order valence-electron chi connectivity index (χ1n) is 6.48. The zero-order valence-electron chi connectivity index (χ0n) is 11.5. The van der Waals surface area contributed by atoms with Gasteiger partial charge in [0.25, 0.3) is 0 Å². The fourth-order valence-corrected chi connectivity index (χ4v) is 1.87. The molecule has 1 N–H and O–H groups in total. The molecule has 0 fully saturated rings. The van der Waals surface area contributed by atoms with Crippen molar-refractivity contribution in [1.82, 2.24) is 0 Å². The molecule has 2 aromatic carbocycles. The zero-order chi connectivity index (χ0) is 15.2. The van der Waals surface area contributed by atoms with Crippen LogP contribution >= 0.6 is 0 Å². The van der Waals surface area contributed by atoms with Crippen LogP contribution in [0, 0.1) is 5.82 Å². The molecule has 0 spiro atoms. The van der Waals surface area contributed by atoms with E-state index in [0.717, 1.165) is 11.6 Å². The molecule has 0 aliphatic heterocycles. The summed E-state index contributed by atoms with van der Waals surface area (Å²) in [6, 6.07) is 13.9. The van der Waals surface area contributed by atoms with E-state index in [-0.39, 0.29) is 11.9 Å². The molecule has 1 atom stereocenters. The van der Waals surface area contributed by atoms with Crippen molar-refractivity contribution in [2.75, 3.05) is 0 Å². The average molecular weight is 286 g/mol. The Morgan fingerprint density at radius 3 is 2.57 bits per heavy atom. The van der Waals surface area contributed by atoms with E-state index < -0.39 is 11.8 Å². The molecular weight excluding hydrogens is 271 g/mol. The topological polar surface area (TPSA) is 46.5 Å². The smallest absolute Gasteiger partial charge is 0.328 e. The van der Waals surface area contributed by atoms with E-state index in [2.05, 4.69) is 0 Å². The predicted octanol–water partition coefficient (Wildman–Crippen LogP) is 4.06. The van der Waals surface area contributed by atoms with Crippen molar-refractivity contribution in [2.24, 2.45) is 0 Å². The standard InChI is InChI=1S/C17H15FO3/c1-12(14-5-3-2-4-6-14)21-16-9-7-13(11-15(16)18)8-10-17(19)20/h2-12H,1H3,(H,19,20)/b10-8+/t12-/m1/s1. The molecule has 4 heteroatoms. The maximum Gasteiger partial charge on any atom is 0.328 e. The van der Waals surface area contributed by atoms with Crippen LogP contribution in [0.5, 0.6) is 5.75 Å². The van der Waals surface area contributed by atoms with Crippen molar-refractivity contribution < 1.29 is 19.0 Å². The van der Waals surface area contributed by atoms with Crippen molar-refractivity contribution in [3.63, 3.8) is 0 Å². The number of carbonyl (C=O) groups is 1. The van der Waals surface area contributed by atoms with Gasteiger partial charge in [0.15, 0.2) is 11.6 Å². The van der Waals surface area contributed by atoms with E-state index in [1.807, 2.05) is 37.3 Å². The molecule has 0 amide bonds. The summed E-state index contributed by atoms with van der Waals surface area (Å²) < 4.78 is 19.5. The molecule has 0 unspecified atom stereocenters. The molecule has 0 heterocycles. The number of hydrogen-bond acceptors (Lipinski definition) is 2. The summed E-state index contributed by atoms with van der Waals surface area (Å²) in [6.45, 7) is 1.84. The van der Waals surface area contributed by atoms with Crippen LogP contribution in [0.2, 0.25) is 0 Å². The van der Waals surface area contributed by atoms with Crippen LogP contribution in [0.1, 0.15) is 24.2 Å². The minimum absolute atomic E-state index is 0.138. The van der Waals surface area contributed by atoms with E-state index in [0.29, 0.717) is 5.56 Å². The summed E-state index contributed by atoms with van der Waals surface area (Å²) in [5.41, 5.74) is 1.42. The highest BCUT2D eigenvalue weighted by molar-refractivity contribution is 5.85. The minimum atomic E-state index is -1.08. The van der Waals surface area contributed by atoms with Gasteiger partial charge in [-0.05, 0) is 36.3 Å². The van der Waals surface area contributed by atoms with Gasteiger partial charge in [0.2, 0.25) is 0 Å². The number of ether oxygens (including phenoxy) is 1. The van der Waals surface area contributed by atoms with E-state index in [1.165, 1.54) is 18.2 Å². The van der Waals surface area contributed by atoms with Crippen molar-refractivity contribution in [3.05, 3.63) is 71.6 Å². The molecule has 0 saturated carbocycles. The number of halogens is 1. The van der Waals surface area contributed by atoms with Crippen LogP contribution in [0.15, 0.2) is 54.6 Å². The van der Waals surface area contributed by atoms with Gasteiger partial charge in [-0.3, -0.25) is 0 Å². The second-order valence-electron chi connectivity index (χ2n) is 4.53. The van der Waals surface area contributed by atoms with Crippen LogP contribution in [-0.4, -0.2) is 11.1 Å². The third kappa shape index (κ3) is 4.18. The Labute approximate surface area is 122 Å². The lowest BCUT2D eigenvalue weighted by molar-refractivity contribution is -0.131. The first-order chi connectivity index (χ1) is 10.1. The lowest BCUT2D eigenvalue weighted by Crippen LogP contribution is -2.04. The maximum atomic E-state index is 13.9. The fourth-order valence-electron chi connectivity index (χ4n) is 1.87. The summed E-state index contributed by atoms with van der Waals surface area (Å²) >= 11 is 0. The molecule has 0 bridgehead atoms. The van der Waals surface area contributed by atoms with Gasteiger partial charge >= 0.3 is 5.97 Å². The van der Waals surface area contributed by atoms with Gasteiger partial charge in [0.05, 0.1) is 0 Å². The van der Waals surface area contributed by atoms with Gasteiger partial charge in [-0.1, -0.05) is 36.4 Å². The van der Waals surface area contributed by atoms with Crippen molar-refractivity contribution in [1.29, 1.82) is 0 Å². The number of rotatable bonds is 5. The SMILES string of the molecule is C[C@@H](Oc1ccc(/C=C/C(=O)O)cc1F)c1ccccc1. The quantitative estimate of drug-likeness (QED) is 0.843. The van der Waals surface area contributed by atoms with Gasteiger partial charge in [0, 0.05) is 6.08 Å². The van der Waals surface area contributed by atoms with Crippen molar-refractivity contribution >= 4 is 12.0 Å². The van der Waals surface area contributed by atoms with Crippen LogP contribution < -0.4 is 4.74 Å². The highest BCUT2D eigenvalue weighted by Gasteiger charge is 2.10. The summed E-state index contributed by atoms with van der Waals surface area (Å²) in [6.07, 6.45) is 2.01. The largest absolute Gasteiger partial charge is 0.483 e. The van der Waals surface area contributed by atoms with Crippen LogP contribution in [0.3, 0.4) is 0 Å². The Bertz CT molecular complexity index is 650. The third-order valence-corrected chi connectivity index (χ3v) is 2.95. The van der Waals surface area contributed by atoms with E-state index in [9.17, 15) is 9.18 Å². The highest BCUT2D eigenvalue weighted by Crippen LogP contribution is 2.25. The molecular formula is C17H15FO3. The van der Waals surface area contributed by atoms with Gasteiger partial charge in [-0.2, -0.15) is 0 Å². The van der Waals surface area contributed by atoms with Gasteiger partial charge < -0.3 is 9.84 Å². The van der Waals surface area contributed by atoms with Crippen molar-refractivity contribution in [3.8, 4) is 5.75 Å². The van der Waals surface area contributed by atoms with E-state index >= 15 is 0 Å². The Morgan fingerprint density at radius 2 is 1.95 bits per heavy atom. The Balaban J connectivity index is 2.13. The molecule has 2 aromatic rings. The number of aliphatic carboxylic acids is 1. The van der Waals surface area contributed by atoms with Crippen LogP contribution in [0.25, 0.3) is 6.08 Å². The summed E-state index contributed by atoms with van der Waals surface area (Å²) in [5, 5.41) is 8.54. The molecule has 3 nitrogen and oxygen atoms in total. The molecule has 2 rings (SSSR count). The van der Waals surface area contributed by atoms with Gasteiger partial charge in [-0.25, -0.2) is 9.18 Å². The monoisotopic (exact) mass is 286 g/mol. The molecule has 0 saturated heterocycles. The van der Waals surface area contributed by atoms with E-state index in [1.54, 1.807) is 6.07 Å². The lowest BCUT2D eigenvalue weighted by Gasteiger charge is -2.15. The van der Waals surface area contributed by atoms with Crippen LogP contribution in [-0.2, 0) is 4.79 Å². The summed E-state index contributed by atoms with van der Waals surface area (Å²) in [5.74, 6) is -1.46. The fraction of sp³-hybridized carbons (Fsp3) is 0.118. The molecule has 0 aromatic heterocycles. The average Bonchev–Trinajstić information content (AvgIpc) is 2.48. The van der Waals surface area contributed by atoms with Gasteiger partial charge in [0.1, 0.15) is 6.10 Å². The molecule has 0 aliphatic rings. The molecule has 0 radical (unpaired) electrons. The van der Waals surface area contributed by atoms with Crippen molar-refractivity contribution in [2.45, 2.75) is 13.0 Å². The third-order valence-electron chi connectivity index (χ3n) is 2.95. The first-order valence-corrected chi connectivity index (χ1v) is 6.48. The number of carboxylic acid groups (broad SMARTS) is 1. The second kappa shape index (κ2) is 6.70. The summed E-state index contributed by atoms with van der Waals surface area (Å²) in [4.78, 5) is 10.4. The molecule has 108 valence electrons. The minimum Gasteiger partial charge on any atom is -0.483 e. The predicted molar refractivity (Wildman–Crippen MR) is 78.6 cm³/mol. The Morgan fingerprint density at radius 1 is 1.24 bits per heavy atom. The Hall–Kier alpha value is -2.62. The van der Waals surface area contributed by atoms with Gasteiger partial charge in [-0.15, -0.1) is 0 Å². The first kappa shape index (κ1) is 14.8. The van der Waals surface area contributed by atoms with E-state index in [4.69, 9.17) is 9.84 Å². The maximum absolute atomic E-state index is 13.9. The highest BCUT2D eigenvalue weighted by atomic mass is 19.1. The number of hydrogen-bond donors (Lipinski definition) is 1. The number of carboxylic acids is 1. The normalized spacial score (nSPS) is 12.3. The molecule has 0 aliphatic carbocycles. The molecule has 21 heavy (non-hydrogen) atoms. The second-order valence-corrected chi connectivity index (χ2v) is 4.53. The summed E-state index contributed by atoms with van der Waals surface area (Å²) in [7, 11) is 0. The lowest BCUT2D eigenvalue weighted by atomic mass is 10.1. The Kier molecular flexibility index (Phi) is 4.72. The zero-order valence-corrected chi connectivity index (χ0v) is 11.5. The number of benzene rings is 2. The van der Waals surface area contributed by atoms with Crippen LogP contribution in [0.4, 0.5) is 4.39 Å².